The van der Waals surface area contributed by atoms with E-state index in [9.17, 15) is 9.59 Å². The molecule has 0 bridgehead atoms. The van der Waals surface area contributed by atoms with Crippen molar-refractivity contribution in [3.05, 3.63) is 35.4 Å². The molecule has 1 aliphatic heterocycles. The first-order chi connectivity index (χ1) is 11.8. The zero-order valence-corrected chi connectivity index (χ0v) is 15.7. The zero-order chi connectivity index (χ0) is 18.4. The average molecular weight is 346 g/mol. The van der Waals surface area contributed by atoms with Gasteiger partial charge in [0, 0.05) is 36.7 Å². The van der Waals surface area contributed by atoms with E-state index in [0.717, 1.165) is 19.4 Å². The maximum absolute atomic E-state index is 12.5. The lowest BCUT2D eigenvalue weighted by atomic mass is 9.81. The Hall–Kier alpha value is -1.88. The van der Waals surface area contributed by atoms with Gasteiger partial charge in [0.25, 0.3) is 11.8 Å². The summed E-state index contributed by atoms with van der Waals surface area (Å²) in [6.45, 7) is 10.5. The topological polar surface area (TPSA) is 67.4 Å². The van der Waals surface area contributed by atoms with Crippen LogP contribution in [0.2, 0.25) is 0 Å². The van der Waals surface area contributed by atoms with Crippen molar-refractivity contribution in [1.29, 1.82) is 0 Å². The molecule has 5 nitrogen and oxygen atoms in total. The van der Waals surface area contributed by atoms with E-state index in [1.807, 2.05) is 6.92 Å². The maximum Gasteiger partial charge on any atom is 0.251 e. The number of carbonyl (C=O) groups excluding carboxylic acids is 2. The third-order valence-electron chi connectivity index (χ3n) is 4.52. The predicted octanol–water partition coefficient (Wildman–Crippen LogP) is 3.01. The highest BCUT2D eigenvalue weighted by molar-refractivity contribution is 5.99. The summed E-state index contributed by atoms with van der Waals surface area (Å²) >= 11 is 0. The molecule has 0 saturated carbocycles. The second-order valence-electron chi connectivity index (χ2n) is 7.75. The van der Waals surface area contributed by atoms with E-state index in [0.29, 0.717) is 30.1 Å². The van der Waals surface area contributed by atoms with Gasteiger partial charge in [0.1, 0.15) is 0 Å². The van der Waals surface area contributed by atoms with E-state index in [-0.39, 0.29) is 23.3 Å². The zero-order valence-electron chi connectivity index (χ0n) is 15.7. The number of rotatable bonds is 6. The van der Waals surface area contributed by atoms with Gasteiger partial charge in [-0.25, -0.2) is 0 Å². The van der Waals surface area contributed by atoms with Gasteiger partial charge in [-0.3, -0.25) is 9.59 Å². The van der Waals surface area contributed by atoms with Crippen LogP contribution in [0.3, 0.4) is 0 Å². The molecule has 5 heteroatoms. The average Bonchev–Trinajstić information content (AvgIpc) is 3.06. The predicted molar refractivity (Wildman–Crippen MR) is 98.7 cm³/mol. The normalized spacial score (nSPS) is 20.3. The van der Waals surface area contributed by atoms with Crippen molar-refractivity contribution in [1.82, 2.24) is 10.6 Å². The molecule has 2 amide bonds. The van der Waals surface area contributed by atoms with Gasteiger partial charge in [-0.15, -0.1) is 0 Å². The quantitative estimate of drug-likeness (QED) is 0.832. The summed E-state index contributed by atoms with van der Waals surface area (Å²) in [5, 5.41) is 5.83. The minimum absolute atomic E-state index is 0.0587. The minimum atomic E-state index is -0.148. The summed E-state index contributed by atoms with van der Waals surface area (Å²) < 4.78 is 5.85. The second kappa shape index (κ2) is 8.48. The van der Waals surface area contributed by atoms with Gasteiger partial charge in [-0.05, 0) is 36.5 Å². The number of hydrogen-bond acceptors (Lipinski definition) is 3. The summed E-state index contributed by atoms with van der Waals surface area (Å²) in [7, 11) is 0. The van der Waals surface area contributed by atoms with Crippen molar-refractivity contribution >= 4 is 11.8 Å². The lowest BCUT2D eigenvalue weighted by molar-refractivity contribution is 0.00737. The van der Waals surface area contributed by atoms with Gasteiger partial charge in [-0.2, -0.15) is 0 Å². The monoisotopic (exact) mass is 346 g/mol. The van der Waals surface area contributed by atoms with Gasteiger partial charge in [0.2, 0.25) is 0 Å². The fourth-order valence-corrected chi connectivity index (χ4v) is 3.27. The Balaban J connectivity index is 1.96. The summed E-state index contributed by atoms with van der Waals surface area (Å²) in [6.07, 6.45) is 1.99. The van der Waals surface area contributed by atoms with Crippen LogP contribution >= 0.6 is 0 Å². The van der Waals surface area contributed by atoms with E-state index in [4.69, 9.17) is 4.74 Å². The molecule has 1 aromatic carbocycles. The van der Waals surface area contributed by atoms with E-state index < -0.39 is 0 Å². The fourth-order valence-electron chi connectivity index (χ4n) is 3.27. The molecule has 2 N–H and O–H groups in total. The molecule has 1 heterocycles. The van der Waals surface area contributed by atoms with Crippen molar-refractivity contribution in [3.8, 4) is 0 Å². The Bertz CT molecular complexity index is 607. The van der Waals surface area contributed by atoms with E-state index in [2.05, 4.69) is 31.4 Å². The number of benzene rings is 1. The number of hydrogen-bond donors (Lipinski definition) is 2. The van der Waals surface area contributed by atoms with Gasteiger partial charge in [0.05, 0.1) is 6.10 Å². The first kappa shape index (κ1) is 19.4. The molecule has 0 aromatic heterocycles. The number of carbonyl (C=O) groups is 2. The lowest BCUT2D eigenvalue weighted by Gasteiger charge is -2.31. The van der Waals surface area contributed by atoms with Gasteiger partial charge >= 0.3 is 0 Å². The van der Waals surface area contributed by atoms with Crippen LogP contribution in [-0.4, -0.2) is 37.6 Å². The molecule has 1 aromatic rings. The van der Waals surface area contributed by atoms with Gasteiger partial charge in [-0.1, -0.05) is 33.8 Å². The summed E-state index contributed by atoms with van der Waals surface area (Å²) in [6, 6.07) is 6.85. The van der Waals surface area contributed by atoms with Crippen LogP contribution in [0, 0.1) is 11.3 Å². The van der Waals surface area contributed by atoms with Crippen LogP contribution in [0.25, 0.3) is 0 Å². The van der Waals surface area contributed by atoms with Crippen LogP contribution in [0.1, 0.15) is 61.3 Å². The summed E-state index contributed by atoms with van der Waals surface area (Å²) in [5.41, 5.74) is 1.08. The van der Waals surface area contributed by atoms with E-state index >= 15 is 0 Å². The van der Waals surface area contributed by atoms with Gasteiger partial charge in [0.15, 0.2) is 0 Å². The second-order valence-corrected chi connectivity index (χ2v) is 7.75. The number of ether oxygens (including phenoxy) is 1. The van der Waals surface area contributed by atoms with Crippen LogP contribution in [0.4, 0.5) is 0 Å². The van der Waals surface area contributed by atoms with Crippen LogP contribution in [0.15, 0.2) is 24.3 Å². The SMILES string of the molecule is CCCNC(=O)c1cccc(C(=O)NC[C@@H]2CCO[C@H]2C(C)(C)C)c1. The largest absolute Gasteiger partial charge is 0.377 e. The molecule has 1 aliphatic rings. The molecule has 0 aliphatic carbocycles. The molecule has 138 valence electrons. The van der Waals surface area contributed by atoms with Crippen LogP contribution in [-0.2, 0) is 4.74 Å². The molecule has 2 atom stereocenters. The summed E-state index contributed by atoms with van der Waals surface area (Å²) in [4.78, 5) is 24.5. The Morgan fingerprint density at radius 2 is 1.80 bits per heavy atom. The molecule has 25 heavy (non-hydrogen) atoms. The van der Waals surface area contributed by atoms with Crippen molar-refractivity contribution in [2.45, 2.75) is 46.6 Å². The van der Waals surface area contributed by atoms with E-state index in [1.54, 1.807) is 24.3 Å². The molecular formula is C20H30N2O3. The Kier molecular flexibility index (Phi) is 6.59. The fraction of sp³-hybridized carbons (Fsp3) is 0.600. The third kappa shape index (κ3) is 5.30. The number of nitrogens with one attached hydrogen (secondary N) is 2. The Labute approximate surface area is 150 Å². The standard InChI is InChI=1S/C20H30N2O3/c1-5-10-21-18(23)14-7-6-8-15(12-14)19(24)22-13-16-9-11-25-17(16)20(2,3)4/h6-8,12,16-17H,5,9-11,13H2,1-4H3,(H,21,23)(H,22,24)/t16-,17+/m0/s1. The molecule has 1 saturated heterocycles. The van der Waals surface area contributed by atoms with Crippen molar-refractivity contribution in [3.63, 3.8) is 0 Å². The molecule has 0 unspecified atom stereocenters. The van der Waals surface area contributed by atoms with Gasteiger partial charge < -0.3 is 15.4 Å². The lowest BCUT2D eigenvalue weighted by Crippen LogP contribution is -2.38. The van der Waals surface area contributed by atoms with Crippen molar-refractivity contribution < 1.29 is 14.3 Å². The highest BCUT2D eigenvalue weighted by Gasteiger charge is 2.37. The van der Waals surface area contributed by atoms with Crippen LogP contribution < -0.4 is 10.6 Å². The van der Waals surface area contributed by atoms with Crippen LogP contribution in [0.5, 0.6) is 0 Å². The molecule has 0 radical (unpaired) electrons. The third-order valence-corrected chi connectivity index (χ3v) is 4.52. The Morgan fingerprint density at radius 3 is 2.40 bits per heavy atom. The molecular weight excluding hydrogens is 316 g/mol. The first-order valence-corrected chi connectivity index (χ1v) is 9.11. The summed E-state index contributed by atoms with van der Waals surface area (Å²) in [5.74, 6) is 0.0261. The smallest absolute Gasteiger partial charge is 0.251 e. The van der Waals surface area contributed by atoms with Crippen molar-refractivity contribution in [2.75, 3.05) is 19.7 Å². The Morgan fingerprint density at radius 1 is 1.16 bits per heavy atom. The molecule has 0 spiro atoms. The highest BCUT2D eigenvalue weighted by atomic mass is 16.5. The van der Waals surface area contributed by atoms with Crippen molar-refractivity contribution in [2.24, 2.45) is 11.3 Å². The maximum atomic E-state index is 12.5. The first-order valence-electron chi connectivity index (χ1n) is 9.11. The molecule has 2 rings (SSSR count). The highest BCUT2D eigenvalue weighted by Crippen LogP contribution is 2.34. The van der Waals surface area contributed by atoms with E-state index in [1.165, 1.54) is 0 Å². The number of amides is 2. The molecule has 1 fully saturated rings. The minimum Gasteiger partial charge on any atom is -0.377 e.